The standard InChI is InChI=1S/C16H9Cl2N3/c17-11-4-3-10(9-19)15(8-11)21-14-6-5-13(18)12-2-1-7-20-16(12)14/h1-8,21H. The van der Waals surface area contributed by atoms with Crippen LogP contribution in [0.3, 0.4) is 0 Å². The molecule has 0 aliphatic rings. The van der Waals surface area contributed by atoms with Crippen molar-refractivity contribution in [2.75, 3.05) is 5.32 Å². The van der Waals surface area contributed by atoms with E-state index in [-0.39, 0.29) is 0 Å². The molecule has 0 bridgehead atoms. The number of fused-ring (bicyclic) bond motifs is 1. The lowest BCUT2D eigenvalue weighted by molar-refractivity contribution is 1.40. The van der Waals surface area contributed by atoms with E-state index in [0.29, 0.717) is 21.3 Å². The van der Waals surface area contributed by atoms with E-state index in [1.165, 1.54) is 0 Å². The highest BCUT2D eigenvalue weighted by molar-refractivity contribution is 6.35. The van der Waals surface area contributed by atoms with Crippen LogP contribution in [0.1, 0.15) is 5.56 Å². The van der Waals surface area contributed by atoms with E-state index in [0.717, 1.165) is 16.6 Å². The number of benzene rings is 2. The first kappa shape index (κ1) is 13.7. The summed E-state index contributed by atoms with van der Waals surface area (Å²) in [5.74, 6) is 0. The first-order valence-electron chi connectivity index (χ1n) is 6.19. The van der Waals surface area contributed by atoms with Gasteiger partial charge in [0.1, 0.15) is 6.07 Å². The van der Waals surface area contributed by atoms with Crippen LogP contribution in [-0.2, 0) is 0 Å². The van der Waals surface area contributed by atoms with Crippen LogP contribution in [0.25, 0.3) is 10.9 Å². The van der Waals surface area contributed by atoms with Gasteiger partial charge in [-0.3, -0.25) is 4.98 Å². The van der Waals surface area contributed by atoms with E-state index in [9.17, 15) is 5.26 Å². The number of nitrogens with zero attached hydrogens (tertiary/aromatic N) is 2. The van der Waals surface area contributed by atoms with Crippen LogP contribution < -0.4 is 5.32 Å². The summed E-state index contributed by atoms with van der Waals surface area (Å²) in [4.78, 5) is 4.35. The summed E-state index contributed by atoms with van der Waals surface area (Å²) in [7, 11) is 0. The fourth-order valence-corrected chi connectivity index (χ4v) is 2.49. The Morgan fingerprint density at radius 2 is 1.90 bits per heavy atom. The zero-order valence-electron chi connectivity index (χ0n) is 10.8. The van der Waals surface area contributed by atoms with Crippen molar-refractivity contribution < 1.29 is 0 Å². The Kier molecular flexibility index (Phi) is 3.66. The van der Waals surface area contributed by atoms with Crippen LogP contribution in [0, 0.1) is 11.3 Å². The number of rotatable bonds is 2. The minimum atomic E-state index is 0.512. The van der Waals surface area contributed by atoms with Crippen molar-refractivity contribution in [3.63, 3.8) is 0 Å². The maximum absolute atomic E-state index is 9.17. The summed E-state index contributed by atoms with van der Waals surface area (Å²) in [5.41, 5.74) is 2.67. The van der Waals surface area contributed by atoms with Crippen molar-refractivity contribution in [1.82, 2.24) is 4.98 Å². The number of nitriles is 1. The Balaban J connectivity index is 2.13. The smallest absolute Gasteiger partial charge is 0.101 e. The lowest BCUT2D eigenvalue weighted by Crippen LogP contribution is -1.96. The topological polar surface area (TPSA) is 48.7 Å². The molecule has 0 radical (unpaired) electrons. The monoisotopic (exact) mass is 313 g/mol. The van der Waals surface area contributed by atoms with Gasteiger partial charge < -0.3 is 5.32 Å². The van der Waals surface area contributed by atoms with Gasteiger partial charge in [-0.25, -0.2) is 0 Å². The highest BCUT2D eigenvalue weighted by atomic mass is 35.5. The quantitative estimate of drug-likeness (QED) is 0.711. The average Bonchev–Trinajstić information content (AvgIpc) is 2.51. The van der Waals surface area contributed by atoms with Gasteiger partial charge in [0.2, 0.25) is 0 Å². The fraction of sp³-hybridized carbons (Fsp3) is 0. The van der Waals surface area contributed by atoms with E-state index >= 15 is 0 Å². The van der Waals surface area contributed by atoms with E-state index in [2.05, 4.69) is 16.4 Å². The SMILES string of the molecule is N#Cc1ccc(Cl)cc1Nc1ccc(Cl)c2cccnc12. The third-order valence-electron chi connectivity index (χ3n) is 3.09. The summed E-state index contributed by atoms with van der Waals surface area (Å²) < 4.78 is 0. The van der Waals surface area contributed by atoms with Crippen molar-refractivity contribution >= 4 is 45.5 Å². The molecule has 1 aromatic heterocycles. The van der Waals surface area contributed by atoms with Crippen LogP contribution in [0.2, 0.25) is 10.0 Å². The zero-order chi connectivity index (χ0) is 14.8. The minimum absolute atomic E-state index is 0.512. The van der Waals surface area contributed by atoms with Gasteiger partial charge >= 0.3 is 0 Å². The zero-order valence-corrected chi connectivity index (χ0v) is 12.3. The highest BCUT2D eigenvalue weighted by Crippen LogP contribution is 2.31. The van der Waals surface area contributed by atoms with Gasteiger partial charge in [0.25, 0.3) is 0 Å². The Bertz CT molecular complexity index is 869. The number of hydrogen-bond acceptors (Lipinski definition) is 3. The summed E-state index contributed by atoms with van der Waals surface area (Å²) in [6.07, 6.45) is 1.70. The van der Waals surface area contributed by atoms with Crippen molar-refractivity contribution in [1.29, 1.82) is 5.26 Å². The van der Waals surface area contributed by atoms with Crippen LogP contribution in [0.4, 0.5) is 11.4 Å². The molecule has 0 spiro atoms. The van der Waals surface area contributed by atoms with Gasteiger partial charge in [0.15, 0.2) is 0 Å². The molecule has 0 saturated heterocycles. The second kappa shape index (κ2) is 5.61. The molecule has 3 rings (SSSR count). The van der Waals surface area contributed by atoms with Crippen molar-refractivity contribution in [2.24, 2.45) is 0 Å². The normalized spacial score (nSPS) is 10.3. The van der Waals surface area contributed by atoms with Crippen LogP contribution in [0.5, 0.6) is 0 Å². The second-order valence-corrected chi connectivity index (χ2v) is 5.26. The van der Waals surface area contributed by atoms with Crippen LogP contribution in [-0.4, -0.2) is 4.98 Å². The third-order valence-corrected chi connectivity index (χ3v) is 3.65. The number of nitrogens with one attached hydrogen (secondary N) is 1. The largest absolute Gasteiger partial charge is 0.353 e. The molecule has 0 fully saturated rings. The third kappa shape index (κ3) is 2.64. The molecule has 3 aromatic rings. The van der Waals surface area contributed by atoms with Crippen LogP contribution >= 0.6 is 23.2 Å². The summed E-state index contributed by atoms with van der Waals surface area (Å²) in [5, 5.41) is 14.4. The predicted octanol–water partition coefficient (Wildman–Crippen LogP) is 5.16. The molecule has 0 saturated carbocycles. The van der Waals surface area contributed by atoms with Gasteiger partial charge in [-0.15, -0.1) is 0 Å². The van der Waals surface area contributed by atoms with E-state index in [4.69, 9.17) is 23.2 Å². The maximum atomic E-state index is 9.17. The number of hydrogen-bond donors (Lipinski definition) is 1. The van der Waals surface area contributed by atoms with Gasteiger partial charge in [0, 0.05) is 16.6 Å². The molecule has 0 aliphatic heterocycles. The molecule has 5 heteroatoms. The molecule has 3 nitrogen and oxygen atoms in total. The van der Waals surface area contributed by atoms with Gasteiger partial charge in [-0.05, 0) is 42.5 Å². The molecule has 21 heavy (non-hydrogen) atoms. The Morgan fingerprint density at radius 3 is 2.71 bits per heavy atom. The fourth-order valence-electron chi connectivity index (χ4n) is 2.10. The number of anilines is 2. The van der Waals surface area contributed by atoms with Crippen LogP contribution in [0.15, 0.2) is 48.7 Å². The van der Waals surface area contributed by atoms with Crippen molar-refractivity contribution in [2.45, 2.75) is 0 Å². The average molecular weight is 314 g/mol. The van der Waals surface area contributed by atoms with Gasteiger partial charge in [0.05, 0.1) is 27.5 Å². The van der Waals surface area contributed by atoms with E-state index < -0.39 is 0 Å². The van der Waals surface area contributed by atoms with E-state index in [1.807, 2.05) is 18.2 Å². The Morgan fingerprint density at radius 1 is 1.05 bits per heavy atom. The highest BCUT2D eigenvalue weighted by Gasteiger charge is 2.08. The van der Waals surface area contributed by atoms with E-state index in [1.54, 1.807) is 30.5 Å². The lowest BCUT2D eigenvalue weighted by Gasteiger charge is -2.11. The molecule has 2 aromatic carbocycles. The molecule has 102 valence electrons. The number of halogens is 2. The number of pyridine rings is 1. The van der Waals surface area contributed by atoms with Crippen molar-refractivity contribution in [3.05, 3.63) is 64.3 Å². The van der Waals surface area contributed by atoms with Gasteiger partial charge in [-0.2, -0.15) is 5.26 Å². The molecule has 0 unspecified atom stereocenters. The second-order valence-electron chi connectivity index (χ2n) is 4.42. The molecule has 0 aliphatic carbocycles. The predicted molar refractivity (Wildman–Crippen MR) is 86.2 cm³/mol. The number of aromatic nitrogens is 1. The molecule has 0 amide bonds. The first-order chi connectivity index (χ1) is 10.2. The molecule has 1 N–H and O–H groups in total. The van der Waals surface area contributed by atoms with Gasteiger partial charge in [-0.1, -0.05) is 23.2 Å². The molecule has 1 heterocycles. The summed E-state index contributed by atoms with van der Waals surface area (Å²) in [6, 6.07) is 14.6. The maximum Gasteiger partial charge on any atom is 0.101 e. The minimum Gasteiger partial charge on any atom is -0.353 e. The summed E-state index contributed by atoms with van der Waals surface area (Å²) in [6.45, 7) is 0. The molecular formula is C16H9Cl2N3. The van der Waals surface area contributed by atoms with Crippen molar-refractivity contribution in [3.8, 4) is 6.07 Å². The molecule has 0 atom stereocenters. The summed E-state index contributed by atoms with van der Waals surface area (Å²) >= 11 is 12.2. The molecular weight excluding hydrogens is 305 g/mol. The Labute approximate surface area is 131 Å². The lowest BCUT2D eigenvalue weighted by atomic mass is 10.1. The Hall–Kier alpha value is -2.28. The first-order valence-corrected chi connectivity index (χ1v) is 6.94.